The summed E-state index contributed by atoms with van der Waals surface area (Å²) in [4.78, 5) is 10.5. The molecule has 19 heavy (non-hydrogen) atoms. The van der Waals surface area contributed by atoms with Crippen molar-refractivity contribution in [3.05, 3.63) is 54.1 Å². The fraction of sp³-hybridized carbons (Fsp3) is 0.188. The van der Waals surface area contributed by atoms with Gasteiger partial charge in [-0.05, 0) is 35.6 Å². The molecule has 0 saturated heterocycles. The minimum atomic E-state index is -0.805. The van der Waals surface area contributed by atoms with Crippen LogP contribution in [0.1, 0.15) is 18.4 Å². The Balaban J connectivity index is 2.11. The molecule has 2 aromatic rings. The third-order valence-corrected chi connectivity index (χ3v) is 3.03. The van der Waals surface area contributed by atoms with E-state index in [0.717, 1.165) is 16.7 Å². The van der Waals surface area contributed by atoms with Gasteiger partial charge in [0.2, 0.25) is 0 Å². The van der Waals surface area contributed by atoms with Crippen molar-refractivity contribution >= 4 is 5.97 Å². The molecule has 0 aliphatic carbocycles. The fourth-order valence-electron chi connectivity index (χ4n) is 2.02. The second kappa shape index (κ2) is 6.05. The number of carbonyl (C=O) groups is 1. The average molecular weight is 256 g/mol. The molecule has 0 heterocycles. The number of hydrogen-bond donors (Lipinski definition) is 2. The van der Waals surface area contributed by atoms with E-state index in [1.165, 1.54) is 0 Å². The first kappa shape index (κ1) is 13.1. The second-order valence-corrected chi connectivity index (χ2v) is 4.46. The van der Waals surface area contributed by atoms with Crippen LogP contribution in [0, 0.1) is 0 Å². The molecule has 0 aromatic heterocycles. The van der Waals surface area contributed by atoms with Gasteiger partial charge in [0.15, 0.2) is 0 Å². The van der Waals surface area contributed by atoms with Crippen molar-refractivity contribution in [2.24, 2.45) is 0 Å². The van der Waals surface area contributed by atoms with Gasteiger partial charge in [0.1, 0.15) is 5.75 Å². The van der Waals surface area contributed by atoms with Crippen LogP contribution in [-0.4, -0.2) is 16.2 Å². The molecule has 0 bridgehead atoms. The molecule has 98 valence electrons. The van der Waals surface area contributed by atoms with Crippen molar-refractivity contribution in [1.29, 1.82) is 0 Å². The Hall–Kier alpha value is -2.29. The number of hydrogen-bond acceptors (Lipinski definition) is 2. The van der Waals surface area contributed by atoms with Gasteiger partial charge in [0.25, 0.3) is 0 Å². The quantitative estimate of drug-likeness (QED) is 0.861. The molecule has 2 N–H and O–H groups in total. The largest absolute Gasteiger partial charge is 0.508 e. The number of benzene rings is 2. The third kappa shape index (κ3) is 3.58. The Kier molecular flexibility index (Phi) is 4.18. The molecule has 0 amide bonds. The van der Waals surface area contributed by atoms with E-state index in [1.54, 1.807) is 6.07 Å². The highest BCUT2D eigenvalue weighted by Crippen LogP contribution is 2.27. The van der Waals surface area contributed by atoms with Crippen molar-refractivity contribution in [3.8, 4) is 16.9 Å². The Morgan fingerprint density at radius 2 is 1.74 bits per heavy atom. The van der Waals surface area contributed by atoms with Gasteiger partial charge in [-0.25, -0.2) is 0 Å². The molecule has 0 atom stereocenters. The number of rotatable bonds is 5. The highest BCUT2D eigenvalue weighted by Gasteiger charge is 2.05. The molecular formula is C16H16O3. The van der Waals surface area contributed by atoms with E-state index in [0.29, 0.717) is 12.8 Å². The molecule has 3 heteroatoms. The molecule has 3 nitrogen and oxygen atoms in total. The molecule has 0 aliphatic heterocycles. The standard InChI is InChI=1S/C16H16O3/c17-15-11-14(12-5-2-1-3-6-12)10-9-13(15)7-4-8-16(18)19/h1-3,5-6,9-11,17H,4,7-8H2,(H,18,19). The van der Waals surface area contributed by atoms with E-state index in [9.17, 15) is 9.90 Å². The lowest BCUT2D eigenvalue weighted by atomic mass is 10.0. The summed E-state index contributed by atoms with van der Waals surface area (Å²) in [6.45, 7) is 0. The predicted octanol–water partition coefficient (Wildman–Crippen LogP) is 3.47. The van der Waals surface area contributed by atoms with Gasteiger partial charge in [-0.3, -0.25) is 4.79 Å². The summed E-state index contributed by atoms with van der Waals surface area (Å²) < 4.78 is 0. The van der Waals surface area contributed by atoms with E-state index in [4.69, 9.17) is 5.11 Å². The van der Waals surface area contributed by atoms with Crippen LogP contribution in [0.25, 0.3) is 11.1 Å². The number of phenols is 1. The van der Waals surface area contributed by atoms with Gasteiger partial charge in [0.05, 0.1) is 0 Å². The lowest BCUT2D eigenvalue weighted by molar-refractivity contribution is -0.137. The van der Waals surface area contributed by atoms with Gasteiger partial charge < -0.3 is 10.2 Å². The van der Waals surface area contributed by atoms with Crippen molar-refractivity contribution < 1.29 is 15.0 Å². The summed E-state index contributed by atoms with van der Waals surface area (Å²) in [7, 11) is 0. The Morgan fingerprint density at radius 1 is 1.00 bits per heavy atom. The zero-order valence-electron chi connectivity index (χ0n) is 10.5. The van der Waals surface area contributed by atoms with Crippen molar-refractivity contribution in [2.45, 2.75) is 19.3 Å². The first-order chi connectivity index (χ1) is 9.16. The van der Waals surface area contributed by atoms with Crippen LogP contribution in [0.4, 0.5) is 0 Å². The summed E-state index contributed by atoms with van der Waals surface area (Å²) in [5.74, 6) is -0.577. The Morgan fingerprint density at radius 3 is 2.37 bits per heavy atom. The van der Waals surface area contributed by atoms with Crippen molar-refractivity contribution in [3.63, 3.8) is 0 Å². The smallest absolute Gasteiger partial charge is 0.303 e. The number of phenolic OH excluding ortho intramolecular Hbond substituents is 1. The predicted molar refractivity (Wildman–Crippen MR) is 74.1 cm³/mol. The molecule has 0 aliphatic rings. The van der Waals surface area contributed by atoms with Gasteiger partial charge >= 0.3 is 5.97 Å². The molecule has 2 aromatic carbocycles. The minimum absolute atomic E-state index is 0.125. The zero-order valence-corrected chi connectivity index (χ0v) is 10.5. The summed E-state index contributed by atoms with van der Waals surface area (Å²) in [5.41, 5.74) is 2.80. The van der Waals surface area contributed by atoms with Crippen LogP contribution in [0.15, 0.2) is 48.5 Å². The summed E-state index contributed by atoms with van der Waals surface area (Å²) >= 11 is 0. The average Bonchev–Trinajstić information content (AvgIpc) is 2.41. The number of aliphatic carboxylic acids is 1. The number of carboxylic acids is 1. The van der Waals surface area contributed by atoms with Crippen LogP contribution in [-0.2, 0) is 11.2 Å². The third-order valence-electron chi connectivity index (χ3n) is 3.03. The van der Waals surface area contributed by atoms with Crippen LogP contribution >= 0.6 is 0 Å². The van der Waals surface area contributed by atoms with E-state index in [1.807, 2.05) is 42.5 Å². The maximum absolute atomic E-state index is 10.5. The summed E-state index contributed by atoms with van der Waals surface area (Å²) in [6.07, 6.45) is 1.24. The fourth-order valence-corrected chi connectivity index (χ4v) is 2.02. The van der Waals surface area contributed by atoms with E-state index in [-0.39, 0.29) is 12.2 Å². The van der Waals surface area contributed by atoms with Crippen molar-refractivity contribution in [2.75, 3.05) is 0 Å². The van der Waals surface area contributed by atoms with Gasteiger partial charge in [-0.1, -0.05) is 42.5 Å². The van der Waals surface area contributed by atoms with E-state index >= 15 is 0 Å². The summed E-state index contributed by atoms with van der Waals surface area (Å²) in [6, 6.07) is 15.4. The SMILES string of the molecule is O=C(O)CCCc1ccc(-c2ccccc2)cc1O. The van der Waals surface area contributed by atoms with E-state index in [2.05, 4.69) is 0 Å². The van der Waals surface area contributed by atoms with Crippen LogP contribution in [0.3, 0.4) is 0 Å². The zero-order chi connectivity index (χ0) is 13.7. The lowest BCUT2D eigenvalue weighted by Crippen LogP contribution is -1.96. The molecule has 0 saturated carbocycles. The van der Waals surface area contributed by atoms with Gasteiger partial charge in [-0.15, -0.1) is 0 Å². The molecule has 2 rings (SSSR count). The molecule has 0 unspecified atom stereocenters. The van der Waals surface area contributed by atoms with Crippen LogP contribution in [0.5, 0.6) is 5.75 Å². The molecular weight excluding hydrogens is 240 g/mol. The van der Waals surface area contributed by atoms with Gasteiger partial charge in [0, 0.05) is 6.42 Å². The number of carboxylic acid groups (broad SMARTS) is 1. The first-order valence-corrected chi connectivity index (χ1v) is 6.26. The Bertz CT molecular complexity index is 561. The molecule has 0 spiro atoms. The monoisotopic (exact) mass is 256 g/mol. The van der Waals surface area contributed by atoms with E-state index < -0.39 is 5.97 Å². The number of aryl methyl sites for hydroxylation is 1. The normalized spacial score (nSPS) is 10.3. The lowest BCUT2D eigenvalue weighted by Gasteiger charge is -2.07. The molecule has 0 fully saturated rings. The maximum atomic E-state index is 10.5. The maximum Gasteiger partial charge on any atom is 0.303 e. The van der Waals surface area contributed by atoms with Crippen molar-refractivity contribution in [1.82, 2.24) is 0 Å². The highest BCUT2D eigenvalue weighted by molar-refractivity contribution is 5.67. The number of aromatic hydroxyl groups is 1. The molecule has 0 radical (unpaired) electrons. The van der Waals surface area contributed by atoms with Gasteiger partial charge in [-0.2, -0.15) is 0 Å². The minimum Gasteiger partial charge on any atom is -0.508 e. The first-order valence-electron chi connectivity index (χ1n) is 6.26. The van der Waals surface area contributed by atoms with Crippen LogP contribution in [0.2, 0.25) is 0 Å². The van der Waals surface area contributed by atoms with Crippen LogP contribution < -0.4 is 0 Å². The second-order valence-electron chi connectivity index (χ2n) is 4.46. The topological polar surface area (TPSA) is 57.5 Å². The Labute approximate surface area is 112 Å². The highest BCUT2D eigenvalue weighted by atomic mass is 16.4. The summed E-state index contributed by atoms with van der Waals surface area (Å²) in [5, 5.41) is 18.6.